The molecule has 0 aliphatic rings. The summed E-state index contributed by atoms with van der Waals surface area (Å²) in [6.07, 6.45) is 0. The molecule has 0 unspecified atom stereocenters. The summed E-state index contributed by atoms with van der Waals surface area (Å²) in [7, 11) is 5.52. The average molecular weight is 240 g/mol. The van der Waals surface area contributed by atoms with Crippen LogP contribution in [0.4, 0.5) is 17.8 Å². The van der Waals surface area contributed by atoms with Crippen molar-refractivity contribution in [1.82, 2.24) is 15.0 Å². The molecule has 96 valence electrons. The second-order valence-electron chi connectivity index (χ2n) is 3.71. The van der Waals surface area contributed by atoms with Gasteiger partial charge in [-0.25, -0.2) is 0 Å². The zero-order chi connectivity index (χ0) is 12.8. The van der Waals surface area contributed by atoms with Crippen LogP contribution in [0.15, 0.2) is 0 Å². The van der Waals surface area contributed by atoms with E-state index in [1.807, 2.05) is 30.8 Å². The van der Waals surface area contributed by atoms with Crippen molar-refractivity contribution in [3.05, 3.63) is 0 Å². The van der Waals surface area contributed by atoms with Crippen LogP contribution in [0.5, 0.6) is 0 Å². The van der Waals surface area contributed by atoms with E-state index in [0.717, 1.165) is 6.54 Å². The second-order valence-corrected chi connectivity index (χ2v) is 3.71. The van der Waals surface area contributed by atoms with Crippen molar-refractivity contribution in [3.63, 3.8) is 0 Å². The number of anilines is 3. The van der Waals surface area contributed by atoms with Crippen molar-refractivity contribution in [2.24, 2.45) is 0 Å². The normalized spacial score (nSPS) is 10.2. The maximum atomic E-state index is 9.00. The highest BCUT2D eigenvalue weighted by Gasteiger charge is 2.12. The smallest absolute Gasteiger partial charge is 0.232 e. The summed E-state index contributed by atoms with van der Waals surface area (Å²) < 4.78 is 0. The van der Waals surface area contributed by atoms with Crippen LogP contribution in [0.1, 0.15) is 6.92 Å². The number of hydrogen-bond donors (Lipinski definition) is 2. The van der Waals surface area contributed by atoms with Crippen LogP contribution < -0.4 is 15.1 Å². The lowest BCUT2D eigenvalue weighted by Crippen LogP contribution is -2.29. The first-order chi connectivity index (χ1) is 8.12. The molecule has 0 spiro atoms. The number of aliphatic hydroxyl groups excluding tert-OH is 1. The van der Waals surface area contributed by atoms with Crippen LogP contribution in [0.25, 0.3) is 0 Å². The number of hydrogen-bond acceptors (Lipinski definition) is 7. The molecule has 0 atom stereocenters. The zero-order valence-electron chi connectivity index (χ0n) is 10.8. The predicted molar refractivity (Wildman–Crippen MR) is 68.7 cm³/mol. The monoisotopic (exact) mass is 240 g/mol. The lowest BCUT2D eigenvalue weighted by atomic mass is 10.5. The molecule has 0 aromatic carbocycles. The predicted octanol–water partition coefficient (Wildman–Crippen LogP) is -0.202. The molecular weight excluding hydrogens is 220 g/mol. The minimum absolute atomic E-state index is 0.0751. The third-order valence-corrected chi connectivity index (χ3v) is 2.27. The summed E-state index contributed by atoms with van der Waals surface area (Å²) in [5.74, 6) is 1.69. The van der Waals surface area contributed by atoms with E-state index in [0.29, 0.717) is 24.4 Å². The van der Waals surface area contributed by atoms with E-state index < -0.39 is 0 Å². The molecule has 1 aromatic rings. The third kappa shape index (κ3) is 3.42. The number of likely N-dealkylation sites (N-methyl/N-ethyl adjacent to an activating group) is 1. The van der Waals surface area contributed by atoms with Crippen molar-refractivity contribution in [3.8, 4) is 0 Å². The molecule has 1 aromatic heterocycles. The molecule has 0 amide bonds. The first kappa shape index (κ1) is 13.4. The minimum Gasteiger partial charge on any atom is -0.395 e. The van der Waals surface area contributed by atoms with Crippen LogP contribution in [-0.2, 0) is 0 Å². The lowest BCUT2D eigenvalue weighted by Gasteiger charge is -2.21. The van der Waals surface area contributed by atoms with Gasteiger partial charge in [0.05, 0.1) is 6.61 Å². The summed E-state index contributed by atoms with van der Waals surface area (Å²) >= 11 is 0. The first-order valence-electron chi connectivity index (χ1n) is 5.59. The molecule has 0 bridgehead atoms. The van der Waals surface area contributed by atoms with Gasteiger partial charge in [-0.15, -0.1) is 0 Å². The molecular formula is C10H20N6O. The summed E-state index contributed by atoms with van der Waals surface area (Å²) in [5.41, 5.74) is 0. The standard InChI is InChI=1S/C10H20N6O/c1-5-16(6-7-17)10-13-8(11-2)12-9(14-10)15(3)4/h17H,5-7H2,1-4H3,(H,11,12,13,14). The Balaban J connectivity index is 3.08. The van der Waals surface area contributed by atoms with Gasteiger partial charge in [0.25, 0.3) is 0 Å². The highest BCUT2D eigenvalue weighted by molar-refractivity contribution is 5.44. The molecule has 0 aliphatic carbocycles. The van der Waals surface area contributed by atoms with Gasteiger partial charge in [0, 0.05) is 34.2 Å². The fourth-order valence-electron chi connectivity index (χ4n) is 1.33. The Morgan fingerprint density at radius 3 is 2.29 bits per heavy atom. The van der Waals surface area contributed by atoms with Crippen LogP contribution in [0.3, 0.4) is 0 Å². The molecule has 0 fully saturated rings. The third-order valence-electron chi connectivity index (χ3n) is 2.27. The molecule has 0 saturated carbocycles. The molecule has 0 radical (unpaired) electrons. The summed E-state index contributed by atoms with van der Waals surface area (Å²) in [6, 6.07) is 0. The fraction of sp³-hybridized carbons (Fsp3) is 0.700. The van der Waals surface area contributed by atoms with Crippen LogP contribution in [-0.4, -0.2) is 60.9 Å². The van der Waals surface area contributed by atoms with Crippen LogP contribution in [0.2, 0.25) is 0 Å². The topological polar surface area (TPSA) is 77.4 Å². The summed E-state index contributed by atoms with van der Waals surface area (Å²) in [5, 5.41) is 11.9. The molecule has 7 heteroatoms. The van der Waals surface area contributed by atoms with Gasteiger partial charge in [-0.3, -0.25) is 0 Å². The van der Waals surface area contributed by atoms with Gasteiger partial charge in [0.15, 0.2) is 0 Å². The van der Waals surface area contributed by atoms with E-state index in [1.54, 1.807) is 7.05 Å². The number of rotatable bonds is 6. The Bertz CT molecular complexity index is 357. The fourth-order valence-corrected chi connectivity index (χ4v) is 1.33. The van der Waals surface area contributed by atoms with E-state index in [4.69, 9.17) is 5.11 Å². The highest BCUT2D eigenvalue weighted by Crippen LogP contribution is 2.14. The van der Waals surface area contributed by atoms with Crippen molar-refractivity contribution in [1.29, 1.82) is 0 Å². The number of nitrogens with zero attached hydrogens (tertiary/aromatic N) is 5. The van der Waals surface area contributed by atoms with E-state index in [1.165, 1.54) is 0 Å². The number of aromatic nitrogens is 3. The lowest BCUT2D eigenvalue weighted by molar-refractivity contribution is 0.301. The van der Waals surface area contributed by atoms with Gasteiger partial charge >= 0.3 is 0 Å². The van der Waals surface area contributed by atoms with Crippen molar-refractivity contribution in [2.75, 3.05) is 56.0 Å². The minimum atomic E-state index is 0.0751. The Kier molecular flexibility index (Phi) is 4.89. The maximum absolute atomic E-state index is 9.00. The summed E-state index contributed by atoms with van der Waals surface area (Å²) in [4.78, 5) is 16.6. The SMILES string of the molecule is CCN(CCO)c1nc(NC)nc(N(C)C)n1. The Morgan fingerprint density at radius 2 is 1.82 bits per heavy atom. The van der Waals surface area contributed by atoms with E-state index in [-0.39, 0.29) is 6.61 Å². The Morgan fingerprint density at radius 1 is 1.18 bits per heavy atom. The molecule has 1 rings (SSSR count). The number of nitrogens with one attached hydrogen (secondary N) is 1. The van der Waals surface area contributed by atoms with Gasteiger partial charge in [-0.1, -0.05) is 0 Å². The molecule has 17 heavy (non-hydrogen) atoms. The zero-order valence-corrected chi connectivity index (χ0v) is 10.8. The summed E-state index contributed by atoms with van der Waals surface area (Å²) in [6.45, 7) is 3.32. The maximum Gasteiger partial charge on any atom is 0.232 e. The van der Waals surface area contributed by atoms with Gasteiger partial charge in [-0.05, 0) is 6.92 Å². The van der Waals surface area contributed by atoms with E-state index >= 15 is 0 Å². The molecule has 7 nitrogen and oxygen atoms in total. The molecule has 1 heterocycles. The molecule has 2 N–H and O–H groups in total. The molecule has 0 saturated heterocycles. The second kappa shape index (κ2) is 6.19. The van der Waals surface area contributed by atoms with E-state index in [9.17, 15) is 0 Å². The van der Waals surface area contributed by atoms with Crippen molar-refractivity contribution >= 4 is 17.8 Å². The largest absolute Gasteiger partial charge is 0.395 e. The molecule has 0 aliphatic heterocycles. The van der Waals surface area contributed by atoms with Gasteiger partial charge in [-0.2, -0.15) is 15.0 Å². The van der Waals surface area contributed by atoms with Gasteiger partial charge in [0.1, 0.15) is 0 Å². The quantitative estimate of drug-likeness (QED) is 0.713. The van der Waals surface area contributed by atoms with Crippen molar-refractivity contribution in [2.45, 2.75) is 6.92 Å². The number of aliphatic hydroxyl groups is 1. The average Bonchev–Trinajstić information content (AvgIpc) is 2.35. The van der Waals surface area contributed by atoms with Crippen molar-refractivity contribution < 1.29 is 5.11 Å². The Labute approximate surface area is 102 Å². The van der Waals surface area contributed by atoms with Gasteiger partial charge < -0.3 is 20.2 Å². The van der Waals surface area contributed by atoms with Crippen LogP contribution in [0, 0.1) is 0 Å². The van der Waals surface area contributed by atoms with E-state index in [2.05, 4.69) is 20.3 Å². The van der Waals surface area contributed by atoms with Crippen LogP contribution >= 0.6 is 0 Å². The Hall–Kier alpha value is -1.63. The van der Waals surface area contributed by atoms with Gasteiger partial charge in [0.2, 0.25) is 17.8 Å². The first-order valence-corrected chi connectivity index (χ1v) is 5.59. The highest BCUT2D eigenvalue weighted by atomic mass is 16.3.